The van der Waals surface area contributed by atoms with Crippen molar-refractivity contribution in [2.45, 2.75) is 33.4 Å². The number of carbonyl (C=O) groups is 2. The van der Waals surface area contributed by atoms with E-state index in [2.05, 4.69) is 5.32 Å². The zero-order valence-corrected chi connectivity index (χ0v) is 18.9. The molecular formula is C22H29N3O4S. The van der Waals surface area contributed by atoms with Crippen molar-refractivity contribution in [1.82, 2.24) is 10.2 Å². The Morgan fingerprint density at radius 1 is 1.03 bits per heavy atom. The SMILES string of the molecule is CNC(=O)[C@@H](C)N(Cc1cccc(C)c1)C(=O)CN(c1ccc(C)cc1)S(C)(=O)=O. The van der Waals surface area contributed by atoms with Crippen LogP contribution in [0.3, 0.4) is 0 Å². The van der Waals surface area contributed by atoms with Gasteiger partial charge in [-0.1, -0.05) is 47.5 Å². The Morgan fingerprint density at radius 3 is 2.20 bits per heavy atom. The standard InChI is InChI=1S/C22H29N3O4S/c1-16-9-11-20(12-10-16)25(30(5,28)29)15-21(26)24(18(3)22(27)23-4)14-19-8-6-7-17(2)13-19/h6-13,18H,14-15H2,1-5H3,(H,23,27)/t18-/m1/s1. The molecule has 0 radical (unpaired) electrons. The maximum absolute atomic E-state index is 13.2. The highest BCUT2D eigenvalue weighted by molar-refractivity contribution is 7.92. The molecule has 0 aromatic heterocycles. The van der Waals surface area contributed by atoms with E-state index in [0.717, 1.165) is 27.3 Å². The van der Waals surface area contributed by atoms with Gasteiger partial charge >= 0.3 is 0 Å². The van der Waals surface area contributed by atoms with Gasteiger partial charge in [-0.05, 0) is 38.5 Å². The number of benzene rings is 2. The summed E-state index contributed by atoms with van der Waals surface area (Å²) in [6, 6.07) is 13.8. The highest BCUT2D eigenvalue weighted by Crippen LogP contribution is 2.19. The van der Waals surface area contributed by atoms with E-state index < -0.39 is 28.5 Å². The summed E-state index contributed by atoms with van der Waals surface area (Å²) in [5, 5.41) is 2.55. The Kier molecular flexibility index (Phi) is 7.61. The van der Waals surface area contributed by atoms with Crippen LogP contribution in [0.2, 0.25) is 0 Å². The van der Waals surface area contributed by atoms with Crippen molar-refractivity contribution >= 4 is 27.5 Å². The Morgan fingerprint density at radius 2 is 1.67 bits per heavy atom. The van der Waals surface area contributed by atoms with Crippen LogP contribution in [0.5, 0.6) is 0 Å². The average molecular weight is 432 g/mol. The van der Waals surface area contributed by atoms with Gasteiger partial charge in [-0.2, -0.15) is 0 Å². The number of carbonyl (C=O) groups excluding carboxylic acids is 2. The minimum Gasteiger partial charge on any atom is -0.357 e. The summed E-state index contributed by atoms with van der Waals surface area (Å²) in [5.74, 6) is -0.782. The molecule has 2 aromatic rings. The van der Waals surface area contributed by atoms with Crippen LogP contribution in [0.1, 0.15) is 23.6 Å². The third kappa shape index (κ3) is 6.06. The number of rotatable bonds is 8. The third-order valence-electron chi connectivity index (χ3n) is 4.85. The number of sulfonamides is 1. The van der Waals surface area contributed by atoms with Crippen molar-refractivity contribution in [1.29, 1.82) is 0 Å². The molecule has 0 unspecified atom stereocenters. The first-order valence-electron chi connectivity index (χ1n) is 9.64. The highest BCUT2D eigenvalue weighted by Gasteiger charge is 2.29. The molecule has 7 nitrogen and oxygen atoms in total. The second-order valence-electron chi connectivity index (χ2n) is 7.41. The van der Waals surface area contributed by atoms with E-state index >= 15 is 0 Å². The molecule has 1 atom stereocenters. The van der Waals surface area contributed by atoms with Gasteiger partial charge in [0.05, 0.1) is 11.9 Å². The van der Waals surface area contributed by atoms with Gasteiger partial charge < -0.3 is 10.2 Å². The van der Waals surface area contributed by atoms with Crippen LogP contribution in [0, 0.1) is 13.8 Å². The molecule has 30 heavy (non-hydrogen) atoms. The lowest BCUT2D eigenvalue weighted by Gasteiger charge is -2.31. The largest absolute Gasteiger partial charge is 0.357 e. The van der Waals surface area contributed by atoms with Crippen LogP contribution in [-0.2, 0) is 26.2 Å². The fourth-order valence-corrected chi connectivity index (χ4v) is 3.97. The van der Waals surface area contributed by atoms with Crippen molar-refractivity contribution in [2.24, 2.45) is 0 Å². The average Bonchev–Trinajstić information content (AvgIpc) is 2.69. The lowest BCUT2D eigenvalue weighted by Crippen LogP contribution is -2.50. The van der Waals surface area contributed by atoms with Gasteiger partial charge in [-0.3, -0.25) is 13.9 Å². The molecule has 0 saturated heterocycles. The van der Waals surface area contributed by atoms with Crippen molar-refractivity contribution in [3.8, 4) is 0 Å². The summed E-state index contributed by atoms with van der Waals surface area (Å²) in [6.07, 6.45) is 1.06. The van der Waals surface area contributed by atoms with Crippen LogP contribution < -0.4 is 9.62 Å². The van der Waals surface area contributed by atoms with Gasteiger partial charge in [0.15, 0.2) is 0 Å². The van der Waals surface area contributed by atoms with Crippen LogP contribution in [0.15, 0.2) is 48.5 Å². The van der Waals surface area contributed by atoms with Crippen LogP contribution >= 0.6 is 0 Å². The maximum atomic E-state index is 13.2. The fraction of sp³-hybridized carbons (Fsp3) is 0.364. The first-order chi connectivity index (χ1) is 14.0. The molecule has 8 heteroatoms. The molecule has 2 rings (SSSR count). The molecule has 2 amide bonds. The topological polar surface area (TPSA) is 86.8 Å². The van der Waals surface area contributed by atoms with Crippen molar-refractivity contribution in [2.75, 3.05) is 24.2 Å². The molecule has 0 heterocycles. The number of anilines is 1. The van der Waals surface area contributed by atoms with E-state index in [1.54, 1.807) is 31.2 Å². The van der Waals surface area contributed by atoms with Crippen LogP contribution in [0.4, 0.5) is 5.69 Å². The van der Waals surface area contributed by atoms with Crippen LogP contribution in [0.25, 0.3) is 0 Å². The Bertz CT molecular complexity index is 1000. The number of hydrogen-bond donors (Lipinski definition) is 1. The van der Waals surface area contributed by atoms with Crippen LogP contribution in [-0.4, -0.2) is 51.0 Å². The monoisotopic (exact) mass is 431 g/mol. The van der Waals surface area contributed by atoms with E-state index in [0.29, 0.717) is 5.69 Å². The molecule has 0 spiro atoms. The van der Waals surface area contributed by atoms with Crippen molar-refractivity contribution in [3.05, 3.63) is 65.2 Å². The van der Waals surface area contributed by atoms with Gasteiger partial charge in [0.25, 0.3) is 0 Å². The first kappa shape index (κ1) is 23.4. The smallest absolute Gasteiger partial charge is 0.244 e. The second kappa shape index (κ2) is 9.75. The number of amides is 2. The Hall–Kier alpha value is -2.87. The molecule has 0 aliphatic carbocycles. The molecule has 162 valence electrons. The van der Waals surface area contributed by atoms with Crippen molar-refractivity contribution < 1.29 is 18.0 Å². The van der Waals surface area contributed by atoms with Gasteiger partial charge in [0.1, 0.15) is 12.6 Å². The summed E-state index contributed by atoms with van der Waals surface area (Å²) in [5.41, 5.74) is 3.28. The van der Waals surface area contributed by atoms with E-state index in [1.807, 2.05) is 38.1 Å². The number of likely N-dealkylation sites (N-methyl/N-ethyl adjacent to an activating group) is 1. The maximum Gasteiger partial charge on any atom is 0.244 e. The zero-order valence-electron chi connectivity index (χ0n) is 18.0. The molecule has 0 aliphatic rings. The predicted molar refractivity (Wildman–Crippen MR) is 119 cm³/mol. The van der Waals surface area contributed by atoms with E-state index in [-0.39, 0.29) is 12.5 Å². The predicted octanol–water partition coefficient (Wildman–Crippen LogP) is 2.23. The van der Waals surface area contributed by atoms with Gasteiger partial charge in [-0.15, -0.1) is 0 Å². The molecule has 0 saturated carbocycles. The molecule has 2 aromatic carbocycles. The number of hydrogen-bond acceptors (Lipinski definition) is 4. The fourth-order valence-electron chi connectivity index (χ4n) is 3.12. The number of nitrogens with zero attached hydrogens (tertiary/aromatic N) is 2. The molecular weight excluding hydrogens is 402 g/mol. The highest BCUT2D eigenvalue weighted by atomic mass is 32.2. The van der Waals surface area contributed by atoms with E-state index in [9.17, 15) is 18.0 Å². The summed E-state index contributed by atoms with van der Waals surface area (Å²) < 4.78 is 25.9. The molecule has 0 fully saturated rings. The van der Waals surface area contributed by atoms with Gasteiger partial charge in [-0.25, -0.2) is 8.42 Å². The summed E-state index contributed by atoms with van der Waals surface area (Å²) in [7, 11) is -2.20. The first-order valence-corrected chi connectivity index (χ1v) is 11.5. The Labute approximate surface area is 178 Å². The summed E-state index contributed by atoms with van der Waals surface area (Å²) in [6.45, 7) is 5.27. The van der Waals surface area contributed by atoms with E-state index in [4.69, 9.17) is 0 Å². The molecule has 1 N–H and O–H groups in total. The molecule has 0 bridgehead atoms. The number of nitrogens with one attached hydrogen (secondary N) is 1. The third-order valence-corrected chi connectivity index (χ3v) is 5.99. The van der Waals surface area contributed by atoms with Crippen molar-refractivity contribution in [3.63, 3.8) is 0 Å². The number of aryl methyl sites for hydroxylation is 2. The molecule has 0 aliphatic heterocycles. The lowest BCUT2D eigenvalue weighted by molar-refractivity contribution is -0.139. The second-order valence-corrected chi connectivity index (χ2v) is 9.31. The van der Waals surface area contributed by atoms with Gasteiger partial charge in [0.2, 0.25) is 21.8 Å². The Balaban J connectivity index is 2.36. The lowest BCUT2D eigenvalue weighted by atomic mass is 10.1. The van der Waals surface area contributed by atoms with E-state index in [1.165, 1.54) is 11.9 Å². The van der Waals surface area contributed by atoms with Gasteiger partial charge in [0, 0.05) is 13.6 Å². The quantitative estimate of drug-likeness (QED) is 0.694. The summed E-state index contributed by atoms with van der Waals surface area (Å²) >= 11 is 0. The minimum atomic E-state index is -3.71. The summed E-state index contributed by atoms with van der Waals surface area (Å²) in [4.78, 5) is 26.9. The minimum absolute atomic E-state index is 0.195. The normalized spacial score (nSPS) is 12.2. The zero-order chi connectivity index (χ0) is 22.5.